The molecule has 0 aromatic rings. The van der Waals surface area contributed by atoms with Gasteiger partial charge < -0.3 is 0 Å². The van der Waals surface area contributed by atoms with Crippen molar-refractivity contribution in [1.29, 1.82) is 0 Å². The zero-order chi connectivity index (χ0) is 6.41. The molecule has 1 N–H and O–H groups in total. The van der Waals surface area contributed by atoms with E-state index in [1.54, 1.807) is 14.2 Å². The van der Waals surface area contributed by atoms with Gasteiger partial charge in [-0.25, -0.2) is 5.48 Å². The van der Waals surface area contributed by atoms with Crippen LogP contribution in [0.1, 0.15) is 0 Å². The van der Waals surface area contributed by atoms with Crippen molar-refractivity contribution in [2.75, 3.05) is 20.4 Å². The third-order valence-corrected chi connectivity index (χ3v) is 1.24. The van der Waals surface area contributed by atoms with Gasteiger partial charge in [-0.1, -0.05) is 11.8 Å². The monoisotopic (exact) mass is 134 g/mol. The second-order valence-electron chi connectivity index (χ2n) is 1.04. The molecule has 0 spiro atoms. The molecule has 0 aliphatic carbocycles. The van der Waals surface area contributed by atoms with Crippen LogP contribution in [0.4, 0.5) is 0 Å². The summed E-state index contributed by atoms with van der Waals surface area (Å²) in [6.45, 7) is 0. The Bertz CT molecular complexity index is 84.1. The molecule has 0 aliphatic heterocycles. The Morgan fingerprint density at radius 3 is 2.50 bits per heavy atom. The Hall–Kier alpha value is -0.220. The van der Waals surface area contributed by atoms with E-state index < -0.39 is 0 Å². The van der Waals surface area contributed by atoms with E-state index in [1.807, 2.05) is 6.26 Å². The Balaban J connectivity index is 3.38. The molecular formula is C4H10N2OS. The molecular weight excluding hydrogens is 124 g/mol. The third kappa shape index (κ3) is 2.87. The lowest BCUT2D eigenvalue weighted by Crippen LogP contribution is -2.17. The maximum Gasteiger partial charge on any atom is 0.180 e. The second-order valence-corrected chi connectivity index (χ2v) is 1.83. The number of hydroxylamine groups is 1. The highest BCUT2D eigenvalue weighted by Crippen LogP contribution is 1.91. The quantitative estimate of drug-likeness (QED) is 0.322. The highest BCUT2D eigenvalue weighted by atomic mass is 32.2. The predicted octanol–water partition coefficient (Wildman–Crippen LogP) is 0.486. The summed E-state index contributed by atoms with van der Waals surface area (Å²) in [6, 6.07) is 0. The first kappa shape index (κ1) is 7.78. The molecule has 0 bridgehead atoms. The van der Waals surface area contributed by atoms with Crippen LogP contribution in [0.2, 0.25) is 0 Å². The molecule has 0 aliphatic rings. The topological polar surface area (TPSA) is 33.6 Å². The van der Waals surface area contributed by atoms with Crippen LogP contribution < -0.4 is 5.48 Å². The number of hydrogen-bond donors (Lipinski definition) is 1. The number of hydrogen-bond acceptors (Lipinski definition) is 3. The van der Waals surface area contributed by atoms with Gasteiger partial charge in [0.25, 0.3) is 0 Å². The van der Waals surface area contributed by atoms with Crippen LogP contribution in [0.15, 0.2) is 4.99 Å². The molecule has 0 atom stereocenters. The van der Waals surface area contributed by atoms with Gasteiger partial charge in [-0.05, 0) is 6.26 Å². The maximum absolute atomic E-state index is 4.58. The largest absolute Gasteiger partial charge is 0.278 e. The first-order valence-electron chi connectivity index (χ1n) is 2.15. The summed E-state index contributed by atoms with van der Waals surface area (Å²) < 4.78 is 0. The van der Waals surface area contributed by atoms with Crippen LogP contribution in [0.25, 0.3) is 0 Å². The molecule has 4 heteroatoms. The first-order valence-corrected chi connectivity index (χ1v) is 3.37. The van der Waals surface area contributed by atoms with Crippen molar-refractivity contribution >= 4 is 16.9 Å². The van der Waals surface area contributed by atoms with Gasteiger partial charge in [0.05, 0.1) is 7.11 Å². The summed E-state index contributed by atoms with van der Waals surface area (Å²) in [5.74, 6) is 0. The van der Waals surface area contributed by atoms with E-state index >= 15 is 0 Å². The number of rotatable bonds is 1. The molecule has 0 radical (unpaired) electrons. The van der Waals surface area contributed by atoms with Crippen LogP contribution in [0.3, 0.4) is 0 Å². The zero-order valence-corrected chi connectivity index (χ0v) is 6.08. The lowest BCUT2D eigenvalue weighted by molar-refractivity contribution is 0.147. The first-order chi connectivity index (χ1) is 3.85. The Labute approximate surface area is 53.5 Å². The molecule has 0 amide bonds. The van der Waals surface area contributed by atoms with Gasteiger partial charge in [0.2, 0.25) is 0 Å². The van der Waals surface area contributed by atoms with E-state index in [0.29, 0.717) is 0 Å². The minimum atomic E-state index is 0.785. The van der Waals surface area contributed by atoms with Crippen molar-refractivity contribution < 1.29 is 4.84 Å². The van der Waals surface area contributed by atoms with Crippen LogP contribution in [-0.4, -0.2) is 25.6 Å². The van der Waals surface area contributed by atoms with E-state index in [4.69, 9.17) is 0 Å². The van der Waals surface area contributed by atoms with Crippen LogP contribution in [0.5, 0.6) is 0 Å². The van der Waals surface area contributed by atoms with Crippen molar-refractivity contribution in [3.63, 3.8) is 0 Å². The van der Waals surface area contributed by atoms with Gasteiger partial charge >= 0.3 is 0 Å². The average molecular weight is 134 g/mol. The molecule has 8 heavy (non-hydrogen) atoms. The van der Waals surface area contributed by atoms with Crippen molar-refractivity contribution in [3.05, 3.63) is 0 Å². The molecule has 0 saturated carbocycles. The zero-order valence-electron chi connectivity index (χ0n) is 5.26. The fraction of sp³-hybridized carbons (Fsp3) is 0.750. The summed E-state index contributed by atoms with van der Waals surface area (Å²) in [6.07, 6.45) is 1.92. The van der Waals surface area contributed by atoms with Gasteiger partial charge in [-0.15, -0.1) is 0 Å². The standard InChI is InChI=1S/C4H10N2OS/c1-5-4(8-3)6-7-2/h1-3H3,(H,5,6). The summed E-state index contributed by atoms with van der Waals surface area (Å²) >= 11 is 1.51. The average Bonchev–Trinajstić information content (AvgIpc) is 1.83. The van der Waals surface area contributed by atoms with E-state index in [2.05, 4.69) is 15.3 Å². The van der Waals surface area contributed by atoms with Crippen molar-refractivity contribution in [2.45, 2.75) is 0 Å². The summed E-state index contributed by atoms with van der Waals surface area (Å²) in [7, 11) is 3.26. The molecule has 0 fully saturated rings. The summed E-state index contributed by atoms with van der Waals surface area (Å²) in [4.78, 5) is 8.42. The number of nitrogens with zero attached hydrogens (tertiary/aromatic N) is 1. The minimum absolute atomic E-state index is 0.785. The fourth-order valence-corrected chi connectivity index (χ4v) is 0.615. The highest BCUT2D eigenvalue weighted by Gasteiger charge is 1.87. The van der Waals surface area contributed by atoms with Crippen molar-refractivity contribution in [3.8, 4) is 0 Å². The Morgan fingerprint density at radius 2 is 2.38 bits per heavy atom. The second kappa shape index (κ2) is 4.93. The lowest BCUT2D eigenvalue weighted by atomic mass is 11.2. The third-order valence-electron chi connectivity index (χ3n) is 0.586. The minimum Gasteiger partial charge on any atom is -0.278 e. The molecule has 3 nitrogen and oxygen atoms in total. The van der Waals surface area contributed by atoms with Gasteiger partial charge in [0.1, 0.15) is 0 Å². The number of aliphatic imine (C=N–C) groups is 1. The molecule has 0 saturated heterocycles. The van der Waals surface area contributed by atoms with Gasteiger partial charge in [0, 0.05) is 7.05 Å². The predicted molar refractivity (Wildman–Crippen MR) is 37.0 cm³/mol. The van der Waals surface area contributed by atoms with Crippen molar-refractivity contribution in [2.24, 2.45) is 4.99 Å². The molecule has 0 aromatic heterocycles. The van der Waals surface area contributed by atoms with Gasteiger partial charge in [-0.2, -0.15) is 0 Å². The number of amidine groups is 1. The van der Waals surface area contributed by atoms with E-state index in [9.17, 15) is 0 Å². The fourth-order valence-electron chi connectivity index (χ4n) is 0.266. The maximum atomic E-state index is 4.58. The SMILES string of the molecule is CN=C(NOC)SC. The van der Waals surface area contributed by atoms with Crippen LogP contribution in [-0.2, 0) is 4.84 Å². The van der Waals surface area contributed by atoms with Gasteiger partial charge in [-0.3, -0.25) is 9.83 Å². The van der Waals surface area contributed by atoms with Gasteiger partial charge in [0.15, 0.2) is 5.17 Å². The molecule has 0 aromatic carbocycles. The van der Waals surface area contributed by atoms with Crippen LogP contribution in [0, 0.1) is 0 Å². The Morgan fingerprint density at radius 1 is 1.75 bits per heavy atom. The van der Waals surface area contributed by atoms with Crippen LogP contribution >= 0.6 is 11.8 Å². The Kier molecular flexibility index (Phi) is 4.79. The molecule has 0 unspecified atom stereocenters. The molecule has 0 heterocycles. The lowest BCUT2D eigenvalue weighted by Gasteiger charge is -2.00. The highest BCUT2D eigenvalue weighted by molar-refractivity contribution is 8.13. The summed E-state index contributed by atoms with van der Waals surface area (Å²) in [5.41, 5.74) is 2.59. The normalized spacial score (nSPS) is 11.6. The molecule has 0 rings (SSSR count). The van der Waals surface area contributed by atoms with E-state index in [0.717, 1.165) is 5.17 Å². The summed E-state index contributed by atoms with van der Waals surface area (Å²) in [5, 5.41) is 0.785. The van der Waals surface area contributed by atoms with E-state index in [-0.39, 0.29) is 0 Å². The smallest absolute Gasteiger partial charge is 0.180 e. The van der Waals surface area contributed by atoms with Crippen molar-refractivity contribution in [1.82, 2.24) is 5.48 Å². The molecule has 48 valence electrons. The number of nitrogens with one attached hydrogen (secondary N) is 1. The van der Waals surface area contributed by atoms with E-state index in [1.165, 1.54) is 11.8 Å². The number of thioether (sulfide) groups is 1.